The number of amides is 2. The van der Waals surface area contributed by atoms with Crippen LogP contribution in [0, 0.1) is 0 Å². The number of hydrogen-bond acceptors (Lipinski definition) is 6. The van der Waals surface area contributed by atoms with Crippen molar-refractivity contribution < 1.29 is 24.2 Å². The molecule has 0 unspecified atom stereocenters. The summed E-state index contributed by atoms with van der Waals surface area (Å²) in [6, 6.07) is 19.5. The summed E-state index contributed by atoms with van der Waals surface area (Å²) in [5, 5.41) is 16.2. The highest BCUT2D eigenvalue weighted by molar-refractivity contribution is 5.97. The molecule has 162 valence electrons. The van der Waals surface area contributed by atoms with Crippen molar-refractivity contribution in [1.29, 1.82) is 0 Å². The van der Waals surface area contributed by atoms with Crippen LogP contribution in [0.4, 0.5) is 5.69 Å². The van der Waals surface area contributed by atoms with Gasteiger partial charge in [0.25, 0.3) is 11.8 Å². The van der Waals surface area contributed by atoms with Crippen LogP contribution in [0.15, 0.2) is 77.9 Å². The highest BCUT2D eigenvalue weighted by Crippen LogP contribution is 2.15. The lowest BCUT2D eigenvalue weighted by Crippen LogP contribution is -2.20. The quantitative estimate of drug-likeness (QED) is 0.287. The Hall–Kier alpha value is -4.46. The van der Waals surface area contributed by atoms with Crippen LogP contribution in [-0.4, -0.2) is 35.5 Å². The van der Waals surface area contributed by atoms with Gasteiger partial charge in [0, 0.05) is 11.3 Å². The number of rotatable bonds is 8. The van der Waals surface area contributed by atoms with E-state index in [4.69, 9.17) is 4.74 Å². The topological polar surface area (TPSA) is 117 Å². The first-order chi connectivity index (χ1) is 15.4. The first kappa shape index (κ1) is 22.2. The van der Waals surface area contributed by atoms with E-state index < -0.39 is 5.91 Å². The summed E-state index contributed by atoms with van der Waals surface area (Å²) in [6.45, 7) is 1.30. The Morgan fingerprint density at radius 3 is 2.31 bits per heavy atom. The summed E-state index contributed by atoms with van der Waals surface area (Å²) in [6.07, 6.45) is 1.44. The average Bonchev–Trinajstić information content (AvgIpc) is 2.79. The number of nitrogens with one attached hydrogen (secondary N) is 2. The standard InChI is InChI=1S/C24H21N3O5/c1-16(28)18-8-10-19(11-9-18)26-23(30)15-32-20-12-6-17(7-13-20)14-25-27-24(31)21-4-2-3-5-22(21)29/h2-14,29H,15H2,1H3,(H,26,30)(H,27,31)/b25-14+. The van der Waals surface area contributed by atoms with Gasteiger partial charge in [-0.05, 0) is 73.2 Å². The highest BCUT2D eigenvalue weighted by Gasteiger charge is 2.08. The fourth-order valence-electron chi connectivity index (χ4n) is 2.68. The third kappa shape index (κ3) is 6.27. The monoisotopic (exact) mass is 431 g/mol. The summed E-state index contributed by atoms with van der Waals surface area (Å²) < 4.78 is 5.46. The maximum Gasteiger partial charge on any atom is 0.275 e. The molecule has 0 saturated heterocycles. The Morgan fingerprint density at radius 2 is 1.66 bits per heavy atom. The van der Waals surface area contributed by atoms with E-state index in [1.807, 2.05) is 0 Å². The average molecular weight is 431 g/mol. The number of ether oxygens (including phenoxy) is 1. The molecule has 0 radical (unpaired) electrons. The lowest BCUT2D eigenvalue weighted by molar-refractivity contribution is -0.118. The first-order valence-corrected chi connectivity index (χ1v) is 9.67. The van der Waals surface area contributed by atoms with Crippen LogP contribution >= 0.6 is 0 Å². The smallest absolute Gasteiger partial charge is 0.275 e. The fraction of sp³-hybridized carbons (Fsp3) is 0.0833. The van der Waals surface area contributed by atoms with Gasteiger partial charge in [-0.2, -0.15) is 5.10 Å². The van der Waals surface area contributed by atoms with E-state index >= 15 is 0 Å². The molecule has 0 fully saturated rings. The van der Waals surface area contributed by atoms with Crippen molar-refractivity contribution in [1.82, 2.24) is 5.43 Å². The molecule has 0 bridgehead atoms. The predicted molar refractivity (Wildman–Crippen MR) is 120 cm³/mol. The van der Waals surface area contributed by atoms with E-state index in [1.54, 1.807) is 60.7 Å². The van der Waals surface area contributed by atoms with Crippen LogP contribution in [0.2, 0.25) is 0 Å². The first-order valence-electron chi connectivity index (χ1n) is 9.67. The molecule has 3 N–H and O–H groups in total. The molecule has 0 aliphatic heterocycles. The second-order valence-electron chi connectivity index (χ2n) is 6.76. The number of phenols is 1. The molecule has 0 aromatic heterocycles. The molecule has 3 aromatic carbocycles. The molecular weight excluding hydrogens is 410 g/mol. The molecule has 8 nitrogen and oxygen atoms in total. The van der Waals surface area contributed by atoms with Gasteiger partial charge in [0.1, 0.15) is 11.5 Å². The van der Waals surface area contributed by atoms with Gasteiger partial charge < -0.3 is 15.2 Å². The number of benzene rings is 3. The number of nitrogens with zero attached hydrogens (tertiary/aromatic N) is 1. The van der Waals surface area contributed by atoms with E-state index in [0.29, 0.717) is 22.6 Å². The lowest BCUT2D eigenvalue weighted by Gasteiger charge is -2.08. The molecule has 0 aliphatic rings. The number of carbonyl (C=O) groups excluding carboxylic acids is 3. The third-order valence-electron chi connectivity index (χ3n) is 4.35. The Morgan fingerprint density at radius 1 is 0.969 bits per heavy atom. The number of phenolic OH excluding ortho intramolecular Hbond substituents is 1. The van der Waals surface area contributed by atoms with Crippen molar-refractivity contribution in [3.63, 3.8) is 0 Å². The minimum Gasteiger partial charge on any atom is -0.507 e. The van der Waals surface area contributed by atoms with Gasteiger partial charge in [-0.15, -0.1) is 0 Å². The number of hydrogen-bond donors (Lipinski definition) is 3. The van der Waals surface area contributed by atoms with Crippen molar-refractivity contribution in [2.45, 2.75) is 6.92 Å². The van der Waals surface area contributed by atoms with Crippen LogP contribution in [0.5, 0.6) is 11.5 Å². The summed E-state index contributed by atoms with van der Waals surface area (Å²) in [4.78, 5) is 35.3. The minimum absolute atomic E-state index is 0.0439. The Kier molecular flexibility index (Phi) is 7.32. The summed E-state index contributed by atoms with van der Waals surface area (Å²) in [5.74, 6) is -0.543. The molecule has 0 saturated carbocycles. The van der Waals surface area contributed by atoms with Crippen molar-refractivity contribution in [2.75, 3.05) is 11.9 Å². The molecule has 0 atom stereocenters. The van der Waals surface area contributed by atoms with E-state index in [9.17, 15) is 19.5 Å². The molecule has 8 heteroatoms. The Balaban J connectivity index is 1.46. The van der Waals surface area contributed by atoms with Crippen LogP contribution in [0.3, 0.4) is 0 Å². The summed E-state index contributed by atoms with van der Waals surface area (Å²) >= 11 is 0. The highest BCUT2D eigenvalue weighted by atomic mass is 16.5. The maximum absolute atomic E-state index is 12.0. The van der Waals surface area contributed by atoms with Crippen molar-refractivity contribution in [3.8, 4) is 11.5 Å². The summed E-state index contributed by atoms with van der Waals surface area (Å²) in [5.41, 5.74) is 4.31. The number of ketones is 1. The van der Waals surface area contributed by atoms with Gasteiger partial charge in [0.2, 0.25) is 0 Å². The van der Waals surface area contributed by atoms with Gasteiger partial charge in [-0.1, -0.05) is 12.1 Å². The molecule has 32 heavy (non-hydrogen) atoms. The number of aromatic hydroxyl groups is 1. The van der Waals surface area contributed by atoms with Crippen LogP contribution in [-0.2, 0) is 4.79 Å². The normalized spacial score (nSPS) is 10.5. The van der Waals surface area contributed by atoms with Crippen molar-refractivity contribution in [3.05, 3.63) is 89.5 Å². The van der Waals surface area contributed by atoms with Crippen LogP contribution in [0.25, 0.3) is 0 Å². The molecule has 3 aromatic rings. The third-order valence-corrected chi connectivity index (χ3v) is 4.35. The zero-order chi connectivity index (χ0) is 22.9. The van der Waals surface area contributed by atoms with Crippen molar-refractivity contribution in [2.24, 2.45) is 5.10 Å². The van der Waals surface area contributed by atoms with Crippen LogP contribution < -0.4 is 15.5 Å². The molecule has 0 aliphatic carbocycles. The Bertz CT molecular complexity index is 1140. The predicted octanol–water partition coefficient (Wildman–Crippen LogP) is 3.38. The van der Waals surface area contributed by atoms with E-state index in [2.05, 4.69) is 15.8 Å². The van der Waals surface area contributed by atoms with E-state index in [1.165, 1.54) is 25.3 Å². The van der Waals surface area contributed by atoms with Gasteiger partial charge in [-0.25, -0.2) is 5.43 Å². The number of Topliss-reactive ketones (excluding diaryl/α,β-unsaturated/α-hetero) is 1. The van der Waals surface area contributed by atoms with Gasteiger partial charge >= 0.3 is 0 Å². The van der Waals surface area contributed by atoms with E-state index in [0.717, 1.165) is 0 Å². The summed E-state index contributed by atoms with van der Waals surface area (Å²) in [7, 11) is 0. The Labute approximate surface area is 184 Å². The number of para-hydroxylation sites is 1. The molecular formula is C24H21N3O5. The zero-order valence-electron chi connectivity index (χ0n) is 17.2. The molecule has 0 spiro atoms. The molecule has 3 rings (SSSR count). The second-order valence-corrected chi connectivity index (χ2v) is 6.76. The molecule has 2 amide bonds. The minimum atomic E-state index is -0.527. The van der Waals surface area contributed by atoms with Crippen molar-refractivity contribution >= 4 is 29.5 Å². The number of carbonyl (C=O) groups is 3. The van der Waals surface area contributed by atoms with Crippen LogP contribution in [0.1, 0.15) is 33.2 Å². The zero-order valence-corrected chi connectivity index (χ0v) is 17.2. The SMILES string of the molecule is CC(=O)c1ccc(NC(=O)COc2ccc(/C=N/NC(=O)c3ccccc3O)cc2)cc1. The maximum atomic E-state index is 12.0. The fourth-order valence-corrected chi connectivity index (χ4v) is 2.68. The lowest BCUT2D eigenvalue weighted by atomic mass is 10.1. The van der Waals surface area contributed by atoms with Gasteiger partial charge in [0.15, 0.2) is 12.4 Å². The van der Waals surface area contributed by atoms with Gasteiger partial charge in [0.05, 0.1) is 11.8 Å². The number of hydrazone groups is 1. The van der Waals surface area contributed by atoms with E-state index in [-0.39, 0.29) is 29.6 Å². The largest absolute Gasteiger partial charge is 0.507 e. The van der Waals surface area contributed by atoms with Gasteiger partial charge in [-0.3, -0.25) is 14.4 Å². The molecule has 0 heterocycles. The second kappa shape index (κ2) is 10.5. The number of anilines is 1.